The standard InChI is InChI=1S/C17H10N4O4/c18-8-12(5-10-6-13(20-25)16(23)15(22)7-10)17(24)21-4-2-11-1-3-19-9-14(11)21/h1-7,9,22-23H/b12-5+. The van der Waals surface area contributed by atoms with Crippen molar-refractivity contribution in [2.24, 2.45) is 5.18 Å². The van der Waals surface area contributed by atoms with Crippen LogP contribution in [0, 0.1) is 16.2 Å². The molecule has 0 unspecified atom stereocenters. The number of rotatable bonds is 3. The zero-order valence-electron chi connectivity index (χ0n) is 12.6. The molecule has 2 aromatic heterocycles. The van der Waals surface area contributed by atoms with Crippen molar-refractivity contribution in [1.82, 2.24) is 9.55 Å². The van der Waals surface area contributed by atoms with Gasteiger partial charge in [0.25, 0.3) is 5.91 Å². The van der Waals surface area contributed by atoms with E-state index in [1.54, 1.807) is 24.4 Å². The number of aromatic nitrogens is 2. The van der Waals surface area contributed by atoms with Gasteiger partial charge in [0, 0.05) is 17.8 Å². The number of phenolic OH excluding ortho intramolecular Hbond substituents is 2. The summed E-state index contributed by atoms with van der Waals surface area (Å²) in [4.78, 5) is 27.2. The van der Waals surface area contributed by atoms with E-state index >= 15 is 0 Å². The zero-order chi connectivity index (χ0) is 18.0. The molecule has 3 rings (SSSR count). The second-order valence-corrected chi connectivity index (χ2v) is 5.09. The van der Waals surface area contributed by atoms with Crippen LogP contribution in [-0.4, -0.2) is 25.7 Å². The molecular weight excluding hydrogens is 324 g/mol. The van der Waals surface area contributed by atoms with Crippen molar-refractivity contribution in [3.63, 3.8) is 0 Å². The van der Waals surface area contributed by atoms with E-state index < -0.39 is 23.1 Å². The third-order valence-electron chi connectivity index (χ3n) is 3.57. The van der Waals surface area contributed by atoms with E-state index in [2.05, 4.69) is 10.2 Å². The summed E-state index contributed by atoms with van der Waals surface area (Å²) in [5, 5.41) is 31.8. The summed E-state index contributed by atoms with van der Waals surface area (Å²) in [5.41, 5.74) is 0.0803. The number of carbonyl (C=O) groups is 1. The molecule has 0 bridgehead atoms. The maximum Gasteiger partial charge on any atom is 0.273 e. The zero-order valence-corrected chi connectivity index (χ0v) is 12.6. The maximum absolute atomic E-state index is 12.6. The van der Waals surface area contributed by atoms with Crippen LogP contribution in [0.3, 0.4) is 0 Å². The van der Waals surface area contributed by atoms with E-state index in [9.17, 15) is 25.2 Å². The lowest BCUT2D eigenvalue weighted by Crippen LogP contribution is -2.11. The Balaban J connectivity index is 2.07. The van der Waals surface area contributed by atoms with Gasteiger partial charge in [0.05, 0.1) is 11.7 Å². The summed E-state index contributed by atoms with van der Waals surface area (Å²) in [6.45, 7) is 0. The molecule has 3 aromatic rings. The molecule has 0 saturated heterocycles. The number of hydrogen-bond acceptors (Lipinski definition) is 7. The molecule has 0 spiro atoms. The van der Waals surface area contributed by atoms with Crippen molar-refractivity contribution in [2.75, 3.05) is 0 Å². The molecule has 8 heteroatoms. The van der Waals surface area contributed by atoms with Gasteiger partial charge in [-0.1, -0.05) is 0 Å². The minimum absolute atomic E-state index is 0.171. The Morgan fingerprint density at radius 1 is 1.32 bits per heavy atom. The van der Waals surface area contributed by atoms with Gasteiger partial charge in [-0.15, -0.1) is 4.91 Å². The topological polar surface area (TPSA) is 129 Å². The predicted molar refractivity (Wildman–Crippen MR) is 89.2 cm³/mol. The average molecular weight is 334 g/mol. The fourth-order valence-electron chi connectivity index (χ4n) is 2.37. The molecule has 0 atom stereocenters. The first-order valence-corrected chi connectivity index (χ1v) is 7.02. The molecule has 8 nitrogen and oxygen atoms in total. The summed E-state index contributed by atoms with van der Waals surface area (Å²) in [6.07, 6.45) is 5.80. The van der Waals surface area contributed by atoms with E-state index in [0.717, 1.165) is 17.5 Å². The van der Waals surface area contributed by atoms with Crippen molar-refractivity contribution in [3.05, 3.63) is 58.9 Å². The van der Waals surface area contributed by atoms with Crippen LogP contribution < -0.4 is 0 Å². The number of fused-ring (bicyclic) bond motifs is 1. The molecule has 122 valence electrons. The van der Waals surface area contributed by atoms with Crippen molar-refractivity contribution >= 4 is 28.6 Å². The summed E-state index contributed by atoms with van der Waals surface area (Å²) in [6, 6.07) is 7.51. The molecular formula is C17H10N4O4. The molecule has 1 aromatic carbocycles. The van der Waals surface area contributed by atoms with Crippen LogP contribution in [0.2, 0.25) is 0 Å². The van der Waals surface area contributed by atoms with Gasteiger partial charge in [-0.2, -0.15) is 5.26 Å². The normalized spacial score (nSPS) is 11.2. The highest BCUT2D eigenvalue weighted by atomic mass is 16.3. The third kappa shape index (κ3) is 2.82. The first-order chi connectivity index (χ1) is 12.0. The molecule has 0 aliphatic heterocycles. The van der Waals surface area contributed by atoms with E-state index in [1.165, 1.54) is 23.0 Å². The Morgan fingerprint density at radius 3 is 2.84 bits per heavy atom. The van der Waals surface area contributed by atoms with E-state index in [0.29, 0.717) is 5.52 Å². The van der Waals surface area contributed by atoms with Crippen LogP contribution in [-0.2, 0) is 0 Å². The highest BCUT2D eigenvalue weighted by molar-refractivity contribution is 6.07. The molecule has 25 heavy (non-hydrogen) atoms. The minimum atomic E-state index is -0.667. The van der Waals surface area contributed by atoms with Gasteiger partial charge in [0.2, 0.25) is 0 Å². The lowest BCUT2D eigenvalue weighted by molar-refractivity contribution is 0.0966. The molecule has 0 aliphatic rings. The van der Waals surface area contributed by atoms with Crippen LogP contribution in [0.5, 0.6) is 11.5 Å². The number of nitriles is 1. The third-order valence-corrected chi connectivity index (χ3v) is 3.57. The van der Waals surface area contributed by atoms with Gasteiger partial charge < -0.3 is 10.2 Å². The van der Waals surface area contributed by atoms with Crippen molar-refractivity contribution in [3.8, 4) is 17.6 Å². The van der Waals surface area contributed by atoms with Gasteiger partial charge in [0.1, 0.15) is 11.6 Å². The number of nitrogens with zero attached hydrogens (tertiary/aromatic N) is 4. The monoisotopic (exact) mass is 334 g/mol. The second kappa shape index (κ2) is 6.25. The van der Waals surface area contributed by atoms with Gasteiger partial charge in [-0.3, -0.25) is 14.3 Å². The Kier molecular flexibility index (Phi) is 3.97. The van der Waals surface area contributed by atoms with E-state index in [4.69, 9.17) is 0 Å². The predicted octanol–water partition coefficient (Wildman–Crippen LogP) is 3.09. The van der Waals surface area contributed by atoms with E-state index in [-0.39, 0.29) is 11.1 Å². The van der Waals surface area contributed by atoms with E-state index in [1.807, 2.05) is 0 Å². The number of carbonyl (C=O) groups excluding carboxylic acids is 1. The molecule has 0 amide bonds. The fraction of sp³-hybridized carbons (Fsp3) is 0. The molecule has 0 radical (unpaired) electrons. The lowest BCUT2D eigenvalue weighted by Gasteiger charge is -2.04. The summed E-state index contributed by atoms with van der Waals surface area (Å²) < 4.78 is 1.27. The first-order valence-electron chi connectivity index (χ1n) is 7.02. The van der Waals surface area contributed by atoms with Crippen LogP contribution in [0.25, 0.3) is 17.0 Å². The number of hydrogen-bond donors (Lipinski definition) is 2. The van der Waals surface area contributed by atoms with Gasteiger partial charge in [-0.05, 0) is 41.1 Å². The number of phenols is 2. The van der Waals surface area contributed by atoms with Gasteiger partial charge >= 0.3 is 0 Å². The molecule has 2 N–H and O–H groups in total. The van der Waals surface area contributed by atoms with Crippen LogP contribution >= 0.6 is 0 Å². The van der Waals surface area contributed by atoms with Gasteiger partial charge in [-0.25, -0.2) is 0 Å². The van der Waals surface area contributed by atoms with Crippen LogP contribution in [0.15, 0.2) is 53.6 Å². The smallest absolute Gasteiger partial charge is 0.273 e. The van der Waals surface area contributed by atoms with Crippen molar-refractivity contribution < 1.29 is 15.0 Å². The molecule has 0 fully saturated rings. The number of pyridine rings is 1. The largest absolute Gasteiger partial charge is 0.504 e. The van der Waals surface area contributed by atoms with Crippen molar-refractivity contribution in [1.29, 1.82) is 5.26 Å². The Hall–Kier alpha value is -3.99. The first kappa shape index (κ1) is 15.9. The summed E-state index contributed by atoms with van der Waals surface area (Å²) in [5.74, 6) is -1.85. The number of nitroso groups, excluding NO2 is 1. The fourth-order valence-corrected chi connectivity index (χ4v) is 2.37. The summed E-state index contributed by atoms with van der Waals surface area (Å²) in [7, 11) is 0. The Bertz CT molecular complexity index is 1080. The number of aromatic hydroxyl groups is 2. The lowest BCUT2D eigenvalue weighted by atomic mass is 10.1. The quantitative estimate of drug-likeness (QED) is 0.328. The average Bonchev–Trinajstić information content (AvgIpc) is 3.06. The highest BCUT2D eigenvalue weighted by Crippen LogP contribution is 2.37. The second-order valence-electron chi connectivity index (χ2n) is 5.09. The van der Waals surface area contributed by atoms with Crippen LogP contribution in [0.4, 0.5) is 5.69 Å². The summed E-state index contributed by atoms with van der Waals surface area (Å²) >= 11 is 0. The highest BCUT2D eigenvalue weighted by Gasteiger charge is 2.16. The number of allylic oxidation sites excluding steroid dienone is 1. The minimum Gasteiger partial charge on any atom is -0.504 e. The Morgan fingerprint density at radius 2 is 2.12 bits per heavy atom. The Labute approximate surface area is 140 Å². The molecule has 0 aliphatic carbocycles. The molecule has 2 heterocycles. The number of benzene rings is 1. The molecule has 0 saturated carbocycles. The van der Waals surface area contributed by atoms with Gasteiger partial charge in [0.15, 0.2) is 17.2 Å². The van der Waals surface area contributed by atoms with Crippen LogP contribution in [0.1, 0.15) is 10.4 Å². The maximum atomic E-state index is 12.6. The SMILES string of the molecule is N#C/C(=C\c1cc(O)c(O)c(N=O)c1)C(=O)n1ccc2ccncc21. The van der Waals surface area contributed by atoms with Crippen molar-refractivity contribution in [2.45, 2.75) is 0 Å².